The highest BCUT2D eigenvalue weighted by atomic mass is 35.5. The van der Waals surface area contributed by atoms with E-state index in [1.807, 2.05) is 24.3 Å². The number of carbonyl (C=O) groups is 3. The summed E-state index contributed by atoms with van der Waals surface area (Å²) in [7, 11) is -1.79. The zero-order chi connectivity index (χ0) is 35.0. The molecule has 2 aromatic carbocycles. The van der Waals surface area contributed by atoms with Crippen LogP contribution < -0.4 is 15.4 Å². The second-order valence-corrected chi connectivity index (χ2v) is 13.1. The second-order valence-electron chi connectivity index (χ2n) is 13.1. The summed E-state index contributed by atoms with van der Waals surface area (Å²) in [6.07, 6.45) is 0.809. The fourth-order valence-electron chi connectivity index (χ4n) is 6.79. The molecule has 2 fully saturated rings. The summed E-state index contributed by atoms with van der Waals surface area (Å²) in [6.45, 7) is 0.914. The Morgan fingerprint density at radius 3 is 2.12 bits per heavy atom. The first-order chi connectivity index (χ1) is 23.5. The first-order valence-corrected chi connectivity index (χ1v) is 17.0. The van der Waals surface area contributed by atoms with E-state index in [-0.39, 0.29) is 43.6 Å². The lowest BCUT2D eigenvalue weighted by Crippen LogP contribution is -2.56. The van der Waals surface area contributed by atoms with Gasteiger partial charge in [0.15, 0.2) is 0 Å². The number of alkyl halides is 3. The lowest BCUT2D eigenvalue weighted by Gasteiger charge is -2.30. The molecule has 50 heavy (non-hydrogen) atoms. The highest BCUT2D eigenvalue weighted by molar-refractivity contribution is 6.43. The molecule has 2 saturated heterocycles. The third kappa shape index (κ3) is 11.0. The van der Waals surface area contributed by atoms with Gasteiger partial charge in [-0.25, -0.2) is 4.79 Å². The number of rotatable bonds is 6. The van der Waals surface area contributed by atoms with E-state index in [9.17, 15) is 37.6 Å². The van der Waals surface area contributed by atoms with E-state index < -0.39 is 49.6 Å². The van der Waals surface area contributed by atoms with Crippen molar-refractivity contribution in [3.8, 4) is 5.75 Å². The topological polar surface area (TPSA) is 141 Å². The number of amides is 3. The van der Waals surface area contributed by atoms with Gasteiger partial charge in [-0.1, -0.05) is 81.3 Å². The third-order valence-corrected chi connectivity index (χ3v) is 9.42. The van der Waals surface area contributed by atoms with Gasteiger partial charge >= 0.3 is 19.6 Å². The highest BCUT2D eigenvalue weighted by Gasteiger charge is 2.44. The van der Waals surface area contributed by atoms with Crippen LogP contribution in [0.15, 0.2) is 48.5 Å². The Labute approximate surface area is 296 Å². The van der Waals surface area contributed by atoms with Crippen molar-refractivity contribution in [1.29, 1.82) is 0 Å². The summed E-state index contributed by atoms with van der Waals surface area (Å²) < 4.78 is 47.7. The number of carbonyl (C=O) groups excluding carboxylic acids is 3. The molecule has 0 aliphatic carbocycles. The number of fused-ring (bicyclic) bond motifs is 2. The monoisotopic (exact) mass is 724 g/mol. The number of hydrogen-bond donors (Lipinski definition) is 4. The lowest BCUT2D eigenvalue weighted by atomic mass is 9.76. The second kappa shape index (κ2) is 18.1. The molecule has 0 saturated carbocycles. The largest absolute Gasteiger partial charge is 0.573 e. The molecular weight excluding hydrogens is 680 g/mol. The number of ether oxygens (including phenoxy) is 2. The van der Waals surface area contributed by atoms with Crippen molar-refractivity contribution in [2.45, 2.75) is 114 Å². The molecule has 4 N–H and O–H groups in total. The Bertz CT molecular complexity index is 1410. The van der Waals surface area contributed by atoms with Crippen molar-refractivity contribution >= 4 is 37.4 Å². The molecule has 0 aromatic heterocycles. The first-order valence-electron chi connectivity index (χ1n) is 17.0. The van der Waals surface area contributed by atoms with Crippen LogP contribution in [0.25, 0.3) is 0 Å². The van der Waals surface area contributed by atoms with Crippen molar-refractivity contribution < 1.29 is 47.1 Å². The average molecular weight is 725 g/mol. The molecule has 0 bridgehead atoms. The van der Waals surface area contributed by atoms with Gasteiger partial charge in [-0.3, -0.25) is 14.5 Å². The zero-order valence-electron chi connectivity index (χ0n) is 27.8. The molecule has 0 spiro atoms. The van der Waals surface area contributed by atoms with Crippen molar-refractivity contribution in [3.05, 3.63) is 65.2 Å². The summed E-state index contributed by atoms with van der Waals surface area (Å²) >= 11 is 0. The molecule has 3 heterocycles. The Hall–Kier alpha value is -3.53. The maximum absolute atomic E-state index is 14.2. The number of nitrogens with one attached hydrogen (secondary N) is 2. The molecule has 3 aliphatic heterocycles. The van der Waals surface area contributed by atoms with Crippen LogP contribution in [-0.4, -0.2) is 81.9 Å². The van der Waals surface area contributed by atoms with Gasteiger partial charge in [-0.05, 0) is 41.7 Å². The smallest absolute Gasteiger partial charge is 0.444 e. The molecule has 1 unspecified atom stereocenters. The lowest BCUT2D eigenvalue weighted by molar-refractivity contribution is -0.274. The van der Waals surface area contributed by atoms with Crippen LogP contribution in [-0.2, 0) is 34.0 Å². The maximum Gasteiger partial charge on any atom is 0.573 e. The van der Waals surface area contributed by atoms with E-state index in [2.05, 4.69) is 15.4 Å². The fourth-order valence-corrected chi connectivity index (χ4v) is 6.79. The summed E-state index contributed by atoms with van der Waals surface area (Å²) in [5, 5.41) is 26.1. The predicted octanol–water partition coefficient (Wildman–Crippen LogP) is 4.61. The van der Waals surface area contributed by atoms with Gasteiger partial charge in [0.2, 0.25) is 11.8 Å². The molecule has 3 aliphatic rings. The summed E-state index contributed by atoms with van der Waals surface area (Å²) in [4.78, 5) is 44.1. The van der Waals surface area contributed by atoms with Gasteiger partial charge in [0, 0.05) is 26.1 Å². The molecule has 274 valence electrons. The van der Waals surface area contributed by atoms with Crippen LogP contribution in [0.5, 0.6) is 5.75 Å². The number of nitrogens with zero attached hydrogens (tertiary/aromatic N) is 2. The van der Waals surface area contributed by atoms with E-state index in [1.54, 1.807) is 4.90 Å². The Morgan fingerprint density at radius 2 is 1.52 bits per heavy atom. The van der Waals surface area contributed by atoms with E-state index in [4.69, 9.17) is 4.74 Å². The quantitative estimate of drug-likeness (QED) is 0.317. The summed E-state index contributed by atoms with van der Waals surface area (Å²) in [6, 6.07) is 11.3. The van der Waals surface area contributed by atoms with Crippen molar-refractivity contribution in [2.75, 3.05) is 6.54 Å². The van der Waals surface area contributed by atoms with Crippen molar-refractivity contribution in [3.63, 3.8) is 0 Å². The van der Waals surface area contributed by atoms with Gasteiger partial charge < -0.3 is 35.1 Å². The van der Waals surface area contributed by atoms with E-state index in [0.717, 1.165) is 49.7 Å². The van der Waals surface area contributed by atoms with Gasteiger partial charge in [-0.2, -0.15) is 0 Å². The van der Waals surface area contributed by atoms with Gasteiger partial charge in [-0.15, -0.1) is 25.6 Å². The summed E-state index contributed by atoms with van der Waals surface area (Å²) in [5.41, 5.74) is 2.67. The van der Waals surface area contributed by atoms with Crippen molar-refractivity contribution in [2.24, 2.45) is 0 Å². The molecule has 16 heteroatoms. The van der Waals surface area contributed by atoms with Gasteiger partial charge in [0.1, 0.15) is 17.9 Å². The van der Waals surface area contributed by atoms with Crippen LogP contribution in [0.2, 0.25) is 0 Å². The van der Waals surface area contributed by atoms with Crippen LogP contribution in [0.1, 0.15) is 80.9 Å². The minimum atomic E-state index is -4.81. The SMILES string of the molecule is Cl.O=C1N[C@@H](B(O)O)CCCCCCCCCC(NCc2ccc(OC(F)(F)F)cc2)C(=O)N2C[C@H](OC(=O)N3Cc4ccccc4C3)C[C@@H]12. The minimum absolute atomic E-state index is 0. The van der Waals surface area contributed by atoms with Gasteiger partial charge in [0.05, 0.1) is 18.5 Å². The minimum Gasteiger partial charge on any atom is -0.444 e. The third-order valence-electron chi connectivity index (χ3n) is 9.42. The highest BCUT2D eigenvalue weighted by Crippen LogP contribution is 2.28. The van der Waals surface area contributed by atoms with E-state index >= 15 is 0 Å². The number of benzene rings is 2. The standard InChI is InChI=1S/C34H44BF3N4O7.ClH/c36-34(37,38)49-26-16-14-23(15-17-26)19-39-28-12-6-4-2-1-3-5-7-13-30(35(46)47)40-31(43)29-18-27(22-42(29)32(28)44)48-33(45)41-20-24-10-8-9-11-25(24)21-41;/h8-11,14-17,27-30,39,46-47H,1-7,12-13,18-22H2,(H,40,43);1H/t27-,28?,29+,30-;/m1./s1. The van der Waals surface area contributed by atoms with E-state index in [0.29, 0.717) is 37.9 Å². The van der Waals surface area contributed by atoms with E-state index in [1.165, 1.54) is 29.2 Å². The van der Waals surface area contributed by atoms with Gasteiger partial charge in [0.25, 0.3) is 0 Å². The normalized spacial score (nSPS) is 23.7. The Morgan fingerprint density at radius 1 is 0.920 bits per heavy atom. The molecule has 0 radical (unpaired) electrons. The maximum atomic E-state index is 14.2. The zero-order valence-corrected chi connectivity index (χ0v) is 28.6. The molecule has 2 aromatic rings. The fraction of sp³-hybridized carbons (Fsp3) is 0.559. The molecule has 4 atom stereocenters. The molecule has 5 rings (SSSR count). The molecule has 11 nitrogen and oxygen atoms in total. The number of hydrogen-bond acceptors (Lipinski definition) is 8. The Balaban J connectivity index is 0.00000562. The molecule has 3 amide bonds. The average Bonchev–Trinajstić information content (AvgIpc) is 3.69. The Kier molecular flexibility index (Phi) is 14.2. The van der Waals surface area contributed by atoms with Crippen molar-refractivity contribution in [1.82, 2.24) is 20.4 Å². The van der Waals surface area contributed by atoms with Crippen LogP contribution in [0.3, 0.4) is 0 Å². The predicted molar refractivity (Wildman–Crippen MR) is 181 cm³/mol. The van der Waals surface area contributed by atoms with Crippen LogP contribution >= 0.6 is 12.4 Å². The van der Waals surface area contributed by atoms with Crippen LogP contribution in [0.4, 0.5) is 18.0 Å². The molecular formula is C34H45BClF3N4O7. The number of halogens is 4. The summed E-state index contributed by atoms with van der Waals surface area (Å²) in [5.74, 6) is -2.23. The van der Waals surface area contributed by atoms with Crippen LogP contribution in [0, 0.1) is 0 Å². The first kappa shape index (κ1) is 39.3.